The Hall–Kier alpha value is -0.820. The van der Waals surface area contributed by atoms with E-state index in [1.54, 1.807) is 0 Å². The summed E-state index contributed by atoms with van der Waals surface area (Å²) in [6, 6.07) is 5.11. The number of benzene rings is 1. The van der Waals surface area contributed by atoms with Gasteiger partial charge in [0.25, 0.3) is 0 Å². The average molecular weight is 219 g/mol. The third-order valence-electron chi connectivity index (χ3n) is 3.44. The highest BCUT2D eigenvalue weighted by Gasteiger charge is 2.08. The zero-order chi connectivity index (χ0) is 12.3. The molecule has 0 amide bonds. The van der Waals surface area contributed by atoms with Crippen molar-refractivity contribution in [3.63, 3.8) is 0 Å². The second kappa shape index (κ2) is 5.49. The Morgan fingerprint density at radius 3 is 1.94 bits per heavy atom. The van der Waals surface area contributed by atoms with Gasteiger partial charge in [-0.3, -0.25) is 0 Å². The van der Waals surface area contributed by atoms with Crippen LogP contribution in [0.3, 0.4) is 0 Å². The van der Waals surface area contributed by atoms with Gasteiger partial charge in [0.2, 0.25) is 0 Å². The fraction of sp³-hybridized carbons (Fsp3) is 0.600. The number of rotatable bonds is 4. The molecule has 0 aliphatic rings. The predicted octanol–water partition coefficient (Wildman–Crippen LogP) is 3.75. The topological polar surface area (TPSA) is 12.0 Å². The summed E-state index contributed by atoms with van der Waals surface area (Å²) in [6.45, 7) is 14.3. The summed E-state index contributed by atoms with van der Waals surface area (Å²) < 4.78 is 0. The molecule has 0 aliphatic heterocycles. The molecule has 0 fully saturated rings. The van der Waals surface area contributed by atoms with Crippen LogP contribution < -0.4 is 5.32 Å². The lowest BCUT2D eigenvalue weighted by atomic mass is 9.99. The van der Waals surface area contributed by atoms with Crippen LogP contribution in [0.4, 0.5) is 0 Å². The molecule has 1 unspecified atom stereocenters. The molecule has 0 aromatic heterocycles. The molecule has 0 bridgehead atoms. The Labute approximate surface area is 100 Å². The zero-order valence-electron chi connectivity index (χ0n) is 11.5. The largest absolute Gasteiger partial charge is 0.310 e. The van der Waals surface area contributed by atoms with Gasteiger partial charge >= 0.3 is 0 Å². The van der Waals surface area contributed by atoms with Gasteiger partial charge in [-0.2, -0.15) is 0 Å². The monoisotopic (exact) mass is 219 g/mol. The minimum atomic E-state index is 0.570. The minimum absolute atomic E-state index is 0.570. The number of nitrogens with one attached hydrogen (secondary N) is 1. The van der Waals surface area contributed by atoms with Crippen molar-refractivity contribution in [1.82, 2.24) is 5.32 Å². The molecule has 1 N–H and O–H groups in total. The van der Waals surface area contributed by atoms with E-state index in [1.165, 1.54) is 22.3 Å². The van der Waals surface area contributed by atoms with Crippen molar-refractivity contribution < 1.29 is 0 Å². The highest BCUT2D eigenvalue weighted by molar-refractivity contribution is 5.37. The van der Waals surface area contributed by atoms with E-state index in [0.29, 0.717) is 12.0 Å². The van der Waals surface area contributed by atoms with Crippen molar-refractivity contribution in [2.24, 2.45) is 5.92 Å². The average Bonchev–Trinajstić information content (AvgIpc) is 2.15. The standard InChI is InChI=1S/C15H25N/c1-10(2)14(6)16-9-15-12(4)7-11(3)8-13(15)5/h7-8,10,14,16H,9H2,1-6H3. The van der Waals surface area contributed by atoms with Crippen molar-refractivity contribution in [1.29, 1.82) is 0 Å². The van der Waals surface area contributed by atoms with Crippen LogP contribution in [-0.4, -0.2) is 6.04 Å². The summed E-state index contributed by atoms with van der Waals surface area (Å²) in [7, 11) is 0. The molecule has 1 aromatic rings. The minimum Gasteiger partial charge on any atom is -0.310 e. The Morgan fingerprint density at radius 1 is 1.00 bits per heavy atom. The van der Waals surface area contributed by atoms with Gasteiger partial charge < -0.3 is 5.32 Å². The van der Waals surface area contributed by atoms with Crippen LogP contribution in [0, 0.1) is 26.7 Å². The first kappa shape index (κ1) is 13.2. The van der Waals surface area contributed by atoms with Crippen LogP contribution in [0.1, 0.15) is 43.0 Å². The molecule has 1 aromatic carbocycles. The molecule has 0 saturated carbocycles. The van der Waals surface area contributed by atoms with Gasteiger partial charge in [-0.1, -0.05) is 31.5 Å². The van der Waals surface area contributed by atoms with Crippen LogP contribution in [0.2, 0.25) is 0 Å². The van der Waals surface area contributed by atoms with Crippen molar-refractivity contribution >= 4 is 0 Å². The summed E-state index contributed by atoms with van der Waals surface area (Å²) >= 11 is 0. The quantitative estimate of drug-likeness (QED) is 0.813. The maximum Gasteiger partial charge on any atom is 0.0213 e. The Kier molecular flexibility index (Phi) is 4.55. The predicted molar refractivity (Wildman–Crippen MR) is 71.8 cm³/mol. The highest BCUT2D eigenvalue weighted by atomic mass is 14.9. The molecule has 0 radical (unpaired) electrons. The fourth-order valence-electron chi connectivity index (χ4n) is 1.99. The maximum absolute atomic E-state index is 3.60. The summed E-state index contributed by atoms with van der Waals surface area (Å²) in [6.07, 6.45) is 0. The lowest BCUT2D eigenvalue weighted by Crippen LogP contribution is -2.30. The van der Waals surface area contributed by atoms with Crippen LogP contribution in [0.5, 0.6) is 0 Å². The Balaban J connectivity index is 2.74. The molecule has 1 nitrogen and oxygen atoms in total. The molecule has 1 rings (SSSR count). The number of aryl methyl sites for hydroxylation is 3. The summed E-state index contributed by atoms with van der Waals surface area (Å²) in [5.41, 5.74) is 5.62. The van der Waals surface area contributed by atoms with Gasteiger partial charge in [-0.25, -0.2) is 0 Å². The molecule has 1 atom stereocenters. The maximum atomic E-state index is 3.60. The third kappa shape index (κ3) is 3.34. The van der Waals surface area contributed by atoms with Crippen molar-refractivity contribution in [3.8, 4) is 0 Å². The molecule has 1 heteroatoms. The summed E-state index contributed by atoms with van der Waals surface area (Å²) in [5, 5.41) is 3.60. The van der Waals surface area contributed by atoms with Crippen molar-refractivity contribution in [3.05, 3.63) is 34.4 Å². The first-order valence-electron chi connectivity index (χ1n) is 6.22. The van der Waals surface area contributed by atoms with Gasteiger partial charge in [0.05, 0.1) is 0 Å². The molecule has 0 heterocycles. The smallest absolute Gasteiger partial charge is 0.0213 e. The lowest BCUT2D eigenvalue weighted by Gasteiger charge is -2.19. The SMILES string of the molecule is Cc1cc(C)c(CNC(C)C(C)C)c(C)c1. The van der Waals surface area contributed by atoms with Crippen molar-refractivity contribution in [2.75, 3.05) is 0 Å². The second-order valence-electron chi connectivity index (χ2n) is 5.29. The van der Waals surface area contributed by atoms with Crippen LogP contribution >= 0.6 is 0 Å². The van der Waals surface area contributed by atoms with E-state index in [0.717, 1.165) is 6.54 Å². The molecule has 16 heavy (non-hydrogen) atoms. The normalized spacial score (nSPS) is 13.2. The van der Waals surface area contributed by atoms with Gasteiger partial charge in [-0.05, 0) is 50.3 Å². The first-order valence-corrected chi connectivity index (χ1v) is 6.22. The fourth-order valence-corrected chi connectivity index (χ4v) is 1.99. The summed E-state index contributed by atoms with van der Waals surface area (Å²) in [5.74, 6) is 0.686. The van der Waals surface area contributed by atoms with E-state index in [1.807, 2.05) is 0 Å². The van der Waals surface area contributed by atoms with E-state index in [4.69, 9.17) is 0 Å². The zero-order valence-corrected chi connectivity index (χ0v) is 11.5. The number of hydrogen-bond acceptors (Lipinski definition) is 1. The molecule has 0 saturated heterocycles. The third-order valence-corrected chi connectivity index (χ3v) is 3.44. The molecule has 90 valence electrons. The Bertz CT molecular complexity index is 329. The molecule has 0 aliphatic carbocycles. The first-order chi connectivity index (χ1) is 7.41. The van der Waals surface area contributed by atoms with E-state index in [9.17, 15) is 0 Å². The van der Waals surface area contributed by atoms with Crippen LogP contribution in [-0.2, 0) is 6.54 Å². The highest BCUT2D eigenvalue weighted by Crippen LogP contribution is 2.16. The molecular weight excluding hydrogens is 194 g/mol. The second-order valence-corrected chi connectivity index (χ2v) is 5.29. The van der Waals surface area contributed by atoms with E-state index >= 15 is 0 Å². The Morgan fingerprint density at radius 2 is 1.50 bits per heavy atom. The van der Waals surface area contributed by atoms with Gasteiger partial charge in [0.1, 0.15) is 0 Å². The summed E-state index contributed by atoms with van der Waals surface area (Å²) in [4.78, 5) is 0. The number of hydrogen-bond donors (Lipinski definition) is 1. The van der Waals surface area contributed by atoms with Crippen molar-refractivity contribution in [2.45, 2.75) is 54.1 Å². The van der Waals surface area contributed by atoms with E-state index < -0.39 is 0 Å². The van der Waals surface area contributed by atoms with Gasteiger partial charge in [0.15, 0.2) is 0 Å². The molecular formula is C15H25N. The lowest BCUT2D eigenvalue weighted by molar-refractivity contribution is 0.425. The van der Waals surface area contributed by atoms with Crippen LogP contribution in [0.15, 0.2) is 12.1 Å². The van der Waals surface area contributed by atoms with Crippen LogP contribution in [0.25, 0.3) is 0 Å². The van der Waals surface area contributed by atoms with E-state index in [2.05, 4.69) is 59.0 Å². The molecule has 0 spiro atoms. The van der Waals surface area contributed by atoms with E-state index in [-0.39, 0.29) is 0 Å². The van der Waals surface area contributed by atoms with Gasteiger partial charge in [0, 0.05) is 12.6 Å². The van der Waals surface area contributed by atoms with Gasteiger partial charge in [-0.15, -0.1) is 0 Å².